The van der Waals surface area contributed by atoms with E-state index in [1.54, 1.807) is 0 Å². The molecule has 0 spiro atoms. The van der Waals surface area contributed by atoms with Gasteiger partial charge in [-0.25, -0.2) is 13.2 Å². The van der Waals surface area contributed by atoms with Crippen LogP contribution in [0.4, 0.5) is 0 Å². The Morgan fingerprint density at radius 3 is 2.10 bits per heavy atom. The summed E-state index contributed by atoms with van der Waals surface area (Å²) in [4.78, 5) is 10.0. The molecule has 0 atom stereocenters. The number of carboxylic acid groups (broad SMARTS) is 1. The van der Waals surface area contributed by atoms with Crippen LogP contribution in [0.25, 0.3) is 0 Å². The van der Waals surface area contributed by atoms with Crippen molar-refractivity contribution in [3.05, 3.63) is 12.2 Å². The van der Waals surface area contributed by atoms with Crippen molar-refractivity contribution < 1.29 is 18.3 Å². The fourth-order valence-corrected chi connectivity index (χ4v) is 1.13. The highest BCUT2D eigenvalue weighted by Gasteiger charge is 2.10. The zero-order chi connectivity index (χ0) is 8.36. The second-order valence-corrected chi connectivity index (χ2v) is 4.12. The largest absolute Gasteiger partial charge is 0.478 e. The summed E-state index contributed by atoms with van der Waals surface area (Å²) in [6.45, 7) is 3.06. The standard InChI is InChI=1S/C5H8O4S/c1-4(5(6)7)3-10(2,8)9/h1,3H2,2H3,(H,6,7). The molecule has 0 saturated carbocycles. The number of aliphatic carboxylic acids is 1. The van der Waals surface area contributed by atoms with Crippen molar-refractivity contribution in [2.45, 2.75) is 0 Å². The number of rotatable bonds is 3. The molecule has 5 heteroatoms. The topological polar surface area (TPSA) is 71.4 Å². The lowest BCUT2D eigenvalue weighted by Crippen LogP contribution is -2.11. The molecule has 0 unspecified atom stereocenters. The zero-order valence-corrected chi connectivity index (χ0v) is 6.31. The van der Waals surface area contributed by atoms with E-state index in [4.69, 9.17) is 5.11 Å². The Hall–Kier alpha value is -0.840. The molecule has 10 heavy (non-hydrogen) atoms. The average Bonchev–Trinajstić information content (AvgIpc) is 1.60. The molecular weight excluding hydrogens is 156 g/mol. The number of hydrogen-bond acceptors (Lipinski definition) is 3. The zero-order valence-electron chi connectivity index (χ0n) is 5.49. The van der Waals surface area contributed by atoms with E-state index in [1.165, 1.54) is 0 Å². The molecule has 0 rings (SSSR count). The van der Waals surface area contributed by atoms with Crippen LogP contribution in [-0.4, -0.2) is 31.5 Å². The molecule has 0 aliphatic heterocycles. The molecule has 0 heterocycles. The van der Waals surface area contributed by atoms with E-state index in [9.17, 15) is 13.2 Å². The van der Waals surface area contributed by atoms with Gasteiger partial charge in [-0.3, -0.25) is 0 Å². The van der Waals surface area contributed by atoms with Crippen molar-refractivity contribution in [2.24, 2.45) is 0 Å². The lowest BCUT2D eigenvalue weighted by atomic mass is 10.4. The first-order valence-corrected chi connectivity index (χ1v) is 4.48. The van der Waals surface area contributed by atoms with E-state index >= 15 is 0 Å². The Morgan fingerprint density at radius 2 is 2.00 bits per heavy atom. The van der Waals surface area contributed by atoms with Gasteiger partial charge in [-0.1, -0.05) is 6.58 Å². The highest BCUT2D eigenvalue weighted by atomic mass is 32.2. The van der Waals surface area contributed by atoms with Gasteiger partial charge in [0.1, 0.15) is 0 Å². The minimum absolute atomic E-state index is 0.303. The summed E-state index contributed by atoms with van der Waals surface area (Å²) in [5.41, 5.74) is -0.303. The number of hydrogen-bond donors (Lipinski definition) is 1. The summed E-state index contributed by atoms with van der Waals surface area (Å²) in [5.74, 6) is -1.76. The minimum Gasteiger partial charge on any atom is -0.478 e. The summed E-state index contributed by atoms with van der Waals surface area (Å²) in [6, 6.07) is 0. The van der Waals surface area contributed by atoms with E-state index in [1.807, 2.05) is 0 Å². The Kier molecular flexibility index (Phi) is 2.59. The van der Waals surface area contributed by atoms with Crippen molar-refractivity contribution >= 4 is 15.8 Å². The fraction of sp³-hybridized carbons (Fsp3) is 0.400. The van der Waals surface area contributed by atoms with E-state index in [0.717, 1.165) is 6.26 Å². The molecule has 1 N–H and O–H groups in total. The van der Waals surface area contributed by atoms with E-state index in [2.05, 4.69) is 6.58 Å². The minimum atomic E-state index is -3.25. The Morgan fingerprint density at radius 1 is 1.60 bits per heavy atom. The molecule has 0 aliphatic rings. The molecule has 0 aromatic carbocycles. The molecule has 0 aliphatic carbocycles. The predicted molar refractivity (Wildman–Crippen MR) is 36.5 cm³/mol. The molecule has 0 aromatic heterocycles. The summed E-state index contributed by atoms with van der Waals surface area (Å²) in [5, 5.41) is 8.18. The quantitative estimate of drug-likeness (QED) is 0.580. The van der Waals surface area contributed by atoms with Gasteiger partial charge in [0.2, 0.25) is 0 Å². The van der Waals surface area contributed by atoms with Crippen LogP contribution in [-0.2, 0) is 14.6 Å². The summed E-state index contributed by atoms with van der Waals surface area (Å²) in [6.07, 6.45) is 0.959. The molecule has 0 aromatic rings. The summed E-state index contributed by atoms with van der Waals surface area (Å²) < 4.78 is 20.8. The number of sulfone groups is 1. The van der Waals surface area contributed by atoms with Crippen LogP contribution in [0.1, 0.15) is 0 Å². The highest BCUT2D eigenvalue weighted by molar-refractivity contribution is 7.90. The van der Waals surface area contributed by atoms with Gasteiger partial charge in [0.15, 0.2) is 9.84 Å². The summed E-state index contributed by atoms with van der Waals surface area (Å²) >= 11 is 0. The van der Waals surface area contributed by atoms with Crippen molar-refractivity contribution in [3.63, 3.8) is 0 Å². The molecule has 0 bridgehead atoms. The molecule has 4 nitrogen and oxygen atoms in total. The van der Waals surface area contributed by atoms with Crippen molar-refractivity contribution in [3.8, 4) is 0 Å². The molecular formula is C5H8O4S. The first-order valence-electron chi connectivity index (χ1n) is 2.42. The lowest BCUT2D eigenvalue weighted by Gasteiger charge is -1.95. The van der Waals surface area contributed by atoms with Crippen LogP contribution in [0.15, 0.2) is 12.2 Å². The SMILES string of the molecule is C=C(CS(C)(=O)=O)C(=O)O. The third kappa shape index (κ3) is 4.08. The normalized spacial score (nSPS) is 10.9. The maximum atomic E-state index is 10.4. The third-order valence-corrected chi connectivity index (χ3v) is 1.61. The van der Waals surface area contributed by atoms with Crippen LogP contribution in [0.5, 0.6) is 0 Å². The van der Waals surface area contributed by atoms with Crippen molar-refractivity contribution in [1.82, 2.24) is 0 Å². The third-order valence-electron chi connectivity index (χ3n) is 0.739. The Balaban J connectivity index is 4.21. The first-order chi connectivity index (χ1) is 4.33. The first kappa shape index (κ1) is 9.16. The molecule has 58 valence electrons. The van der Waals surface area contributed by atoms with E-state index < -0.39 is 21.6 Å². The molecule has 0 radical (unpaired) electrons. The van der Waals surface area contributed by atoms with Crippen molar-refractivity contribution in [2.75, 3.05) is 12.0 Å². The number of carbonyl (C=O) groups is 1. The van der Waals surface area contributed by atoms with Gasteiger partial charge in [0, 0.05) is 11.8 Å². The Bertz CT molecular complexity index is 249. The fourth-order valence-electron chi connectivity index (χ4n) is 0.378. The van der Waals surface area contributed by atoms with E-state index in [0.29, 0.717) is 0 Å². The van der Waals surface area contributed by atoms with Crippen LogP contribution < -0.4 is 0 Å². The number of carboxylic acids is 1. The van der Waals surface area contributed by atoms with Crippen LogP contribution in [0.2, 0.25) is 0 Å². The van der Waals surface area contributed by atoms with Gasteiger partial charge in [-0.2, -0.15) is 0 Å². The van der Waals surface area contributed by atoms with Crippen LogP contribution in [0, 0.1) is 0 Å². The van der Waals surface area contributed by atoms with Gasteiger partial charge in [0.05, 0.1) is 5.75 Å². The van der Waals surface area contributed by atoms with Gasteiger partial charge in [-0.15, -0.1) is 0 Å². The Labute approximate surface area is 59.1 Å². The van der Waals surface area contributed by atoms with Gasteiger partial charge in [-0.05, 0) is 0 Å². The second kappa shape index (κ2) is 2.83. The highest BCUT2D eigenvalue weighted by Crippen LogP contribution is 1.94. The molecule has 0 fully saturated rings. The molecule has 0 saturated heterocycles. The average molecular weight is 164 g/mol. The lowest BCUT2D eigenvalue weighted by molar-refractivity contribution is -0.132. The molecule has 0 amide bonds. The van der Waals surface area contributed by atoms with Crippen molar-refractivity contribution in [1.29, 1.82) is 0 Å². The van der Waals surface area contributed by atoms with Gasteiger partial charge in [0.25, 0.3) is 0 Å². The monoisotopic (exact) mass is 164 g/mol. The van der Waals surface area contributed by atoms with Crippen LogP contribution in [0.3, 0.4) is 0 Å². The van der Waals surface area contributed by atoms with E-state index in [-0.39, 0.29) is 5.57 Å². The summed E-state index contributed by atoms with van der Waals surface area (Å²) in [7, 11) is -3.25. The van der Waals surface area contributed by atoms with Gasteiger partial charge < -0.3 is 5.11 Å². The maximum absolute atomic E-state index is 10.4. The predicted octanol–water partition coefficient (Wildman–Crippen LogP) is -0.328. The second-order valence-electron chi connectivity index (χ2n) is 1.98. The van der Waals surface area contributed by atoms with Crippen LogP contribution >= 0.6 is 0 Å². The smallest absolute Gasteiger partial charge is 0.332 e. The van der Waals surface area contributed by atoms with Gasteiger partial charge >= 0.3 is 5.97 Å². The maximum Gasteiger partial charge on any atom is 0.332 e.